The summed E-state index contributed by atoms with van der Waals surface area (Å²) in [5.41, 5.74) is 0.983. The van der Waals surface area contributed by atoms with Crippen LogP contribution >= 0.6 is 11.6 Å². The molecule has 0 aliphatic heterocycles. The second-order valence-electron chi connectivity index (χ2n) is 2.84. The van der Waals surface area contributed by atoms with Crippen molar-refractivity contribution in [2.75, 3.05) is 6.61 Å². The number of aliphatic hydroxyl groups excluding tert-OH is 1. The van der Waals surface area contributed by atoms with Gasteiger partial charge in [-0.1, -0.05) is 37.3 Å². The van der Waals surface area contributed by atoms with E-state index in [1.807, 2.05) is 37.3 Å². The van der Waals surface area contributed by atoms with Crippen LogP contribution < -0.4 is 0 Å². The summed E-state index contributed by atoms with van der Waals surface area (Å²) in [6.07, 6.45) is 0.731. The molecule has 1 aromatic carbocycles. The molecule has 0 aromatic heterocycles. The molecule has 1 atom stereocenters. The standard InChI is InChI=1S/C10H13ClO/c1-2-10(11,8-12)9-6-4-3-5-7-9/h3-7,12H,2,8H2,1H3/t10-/m0/s1. The first-order chi connectivity index (χ1) is 5.73. The highest BCUT2D eigenvalue weighted by atomic mass is 35.5. The van der Waals surface area contributed by atoms with Crippen molar-refractivity contribution in [3.05, 3.63) is 35.9 Å². The SMILES string of the molecule is CC[C@](Cl)(CO)c1ccccc1. The first kappa shape index (κ1) is 9.56. The summed E-state index contributed by atoms with van der Waals surface area (Å²) in [6, 6.07) is 9.67. The number of hydrogen-bond acceptors (Lipinski definition) is 1. The molecular formula is C10H13ClO. The van der Waals surface area contributed by atoms with Gasteiger partial charge < -0.3 is 5.11 Å². The van der Waals surface area contributed by atoms with E-state index in [1.54, 1.807) is 0 Å². The molecule has 0 fully saturated rings. The van der Waals surface area contributed by atoms with Gasteiger partial charge in [0.05, 0.1) is 11.5 Å². The highest BCUT2D eigenvalue weighted by molar-refractivity contribution is 6.24. The van der Waals surface area contributed by atoms with Gasteiger partial charge in [-0.05, 0) is 12.0 Å². The highest BCUT2D eigenvalue weighted by Gasteiger charge is 2.25. The lowest BCUT2D eigenvalue weighted by Gasteiger charge is -2.23. The van der Waals surface area contributed by atoms with E-state index >= 15 is 0 Å². The van der Waals surface area contributed by atoms with Crippen LogP contribution in [0.1, 0.15) is 18.9 Å². The van der Waals surface area contributed by atoms with Crippen molar-refractivity contribution in [2.45, 2.75) is 18.2 Å². The first-order valence-corrected chi connectivity index (χ1v) is 4.46. The minimum atomic E-state index is -0.596. The van der Waals surface area contributed by atoms with Gasteiger partial charge in [-0.15, -0.1) is 11.6 Å². The molecule has 2 heteroatoms. The summed E-state index contributed by atoms with van der Waals surface area (Å²) in [6.45, 7) is 1.95. The number of aliphatic hydroxyl groups is 1. The third-order valence-corrected chi connectivity index (χ3v) is 2.71. The zero-order chi connectivity index (χ0) is 9.03. The third-order valence-electron chi connectivity index (χ3n) is 2.10. The van der Waals surface area contributed by atoms with Crippen molar-refractivity contribution in [1.82, 2.24) is 0 Å². The fourth-order valence-electron chi connectivity index (χ4n) is 1.14. The Morgan fingerprint density at radius 3 is 2.33 bits per heavy atom. The molecule has 12 heavy (non-hydrogen) atoms. The largest absolute Gasteiger partial charge is 0.394 e. The van der Waals surface area contributed by atoms with Crippen LogP contribution in [0.15, 0.2) is 30.3 Å². The molecule has 1 aromatic rings. The van der Waals surface area contributed by atoms with Gasteiger partial charge in [0.15, 0.2) is 0 Å². The number of hydrogen-bond donors (Lipinski definition) is 1. The maximum atomic E-state index is 9.11. The van der Waals surface area contributed by atoms with Gasteiger partial charge in [0, 0.05) is 0 Å². The molecule has 0 saturated heterocycles. The molecule has 0 saturated carbocycles. The first-order valence-electron chi connectivity index (χ1n) is 4.08. The molecule has 66 valence electrons. The summed E-state index contributed by atoms with van der Waals surface area (Å²) in [7, 11) is 0. The zero-order valence-corrected chi connectivity index (χ0v) is 7.88. The Morgan fingerprint density at radius 2 is 1.92 bits per heavy atom. The van der Waals surface area contributed by atoms with E-state index in [2.05, 4.69) is 0 Å². The highest BCUT2D eigenvalue weighted by Crippen LogP contribution is 2.31. The fraction of sp³-hybridized carbons (Fsp3) is 0.400. The molecule has 0 heterocycles. The van der Waals surface area contributed by atoms with Gasteiger partial charge in [0.25, 0.3) is 0 Å². The van der Waals surface area contributed by atoms with Gasteiger partial charge in [-0.25, -0.2) is 0 Å². The molecule has 1 N–H and O–H groups in total. The van der Waals surface area contributed by atoms with Gasteiger partial charge >= 0.3 is 0 Å². The number of halogens is 1. The molecule has 1 rings (SSSR count). The molecule has 0 radical (unpaired) electrons. The second-order valence-corrected chi connectivity index (χ2v) is 3.57. The minimum Gasteiger partial charge on any atom is -0.394 e. The lowest BCUT2D eigenvalue weighted by Crippen LogP contribution is -2.22. The van der Waals surface area contributed by atoms with Crippen molar-refractivity contribution < 1.29 is 5.11 Å². The van der Waals surface area contributed by atoms with Gasteiger partial charge in [0.1, 0.15) is 0 Å². The Bertz CT molecular complexity index is 229. The normalized spacial score (nSPS) is 15.6. The maximum absolute atomic E-state index is 9.11. The number of benzene rings is 1. The summed E-state index contributed by atoms with van der Waals surface area (Å²) >= 11 is 6.18. The van der Waals surface area contributed by atoms with Crippen molar-refractivity contribution in [2.24, 2.45) is 0 Å². The zero-order valence-electron chi connectivity index (χ0n) is 7.13. The van der Waals surface area contributed by atoms with Gasteiger partial charge in [-0.2, -0.15) is 0 Å². The third kappa shape index (κ3) is 1.79. The van der Waals surface area contributed by atoms with Crippen molar-refractivity contribution in [1.29, 1.82) is 0 Å². The van der Waals surface area contributed by atoms with Crippen LogP contribution in [0.2, 0.25) is 0 Å². The van der Waals surface area contributed by atoms with Crippen LogP contribution in [0.3, 0.4) is 0 Å². The fourth-order valence-corrected chi connectivity index (χ4v) is 1.27. The predicted octanol–water partition coefficient (Wildman–Crippen LogP) is 2.52. The Balaban J connectivity index is 2.95. The Hall–Kier alpha value is -0.530. The Labute approximate surface area is 78.0 Å². The van der Waals surface area contributed by atoms with Gasteiger partial charge in [0.2, 0.25) is 0 Å². The van der Waals surface area contributed by atoms with E-state index in [-0.39, 0.29) is 6.61 Å². The Morgan fingerprint density at radius 1 is 1.33 bits per heavy atom. The van der Waals surface area contributed by atoms with Crippen LogP contribution in [0, 0.1) is 0 Å². The molecule has 0 amide bonds. The van der Waals surface area contributed by atoms with Crippen molar-refractivity contribution in [3.8, 4) is 0 Å². The van der Waals surface area contributed by atoms with Crippen molar-refractivity contribution in [3.63, 3.8) is 0 Å². The van der Waals surface area contributed by atoms with Crippen LogP contribution in [0.25, 0.3) is 0 Å². The topological polar surface area (TPSA) is 20.2 Å². The molecule has 0 aliphatic rings. The molecule has 0 aliphatic carbocycles. The molecule has 0 spiro atoms. The molecule has 1 nitrogen and oxygen atoms in total. The van der Waals surface area contributed by atoms with Crippen LogP contribution in [0.5, 0.6) is 0 Å². The lowest BCUT2D eigenvalue weighted by atomic mass is 9.97. The van der Waals surface area contributed by atoms with E-state index < -0.39 is 4.87 Å². The maximum Gasteiger partial charge on any atom is 0.0922 e. The van der Waals surface area contributed by atoms with E-state index in [4.69, 9.17) is 16.7 Å². The van der Waals surface area contributed by atoms with E-state index in [0.717, 1.165) is 12.0 Å². The average molecular weight is 185 g/mol. The number of alkyl halides is 1. The summed E-state index contributed by atoms with van der Waals surface area (Å²) in [5, 5.41) is 9.11. The second kappa shape index (κ2) is 3.92. The van der Waals surface area contributed by atoms with Crippen LogP contribution in [-0.2, 0) is 4.87 Å². The van der Waals surface area contributed by atoms with Crippen LogP contribution in [0.4, 0.5) is 0 Å². The molecular weight excluding hydrogens is 172 g/mol. The molecule has 0 bridgehead atoms. The van der Waals surface area contributed by atoms with Crippen LogP contribution in [-0.4, -0.2) is 11.7 Å². The summed E-state index contributed by atoms with van der Waals surface area (Å²) in [4.78, 5) is -0.596. The van der Waals surface area contributed by atoms with E-state index in [0.29, 0.717) is 0 Å². The summed E-state index contributed by atoms with van der Waals surface area (Å²) < 4.78 is 0. The predicted molar refractivity (Wildman–Crippen MR) is 51.3 cm³/mol. The van der Waals surface area contributed by atoms with E-state index in [9.17, 15) is 0 Å². The summed E-state index contributed by atoms with van der Waals surface area (Å²) in [5.74, 6) is 0. The molecule has 0 unspecified atom stereocenters. The quantitative estimate of drug-likeness (QED) is 0.716. The lowest BCUT2D eigenvalue weighted by molar-refractivity contribution is 0.241. The smallest absolute Gasteiger partial charge is 0.0922 e. The van der Waals surface area contributed by atoms with E-state index in [1.165, 1.54) is 0 Å². The Kier molecular flexibility index (Phi) is 3.12. The monoisotopic (exact) mass is 184 g/mol. The number of rotatable bonds is 3. The van der Waals surface area contributed by atoms with Crippen molar-refractivity contribution >= 4 is 11.6 Å². The minimum absolute atomic E-state index is 0.0188. The van der Waals surface area contributed by atoms with Gasteiger partial charge in [-0.3, -0.25) is 0 Å². The average Bonchev–Trinajstić information content (AvgIpc) is 2.18.